The minimum atomic E-state index is -3.07. The van der Waals surface area contributed by atoms with E-state index in [1.54, 1.807) is 12.1 Å². The number of hydrogen-bond donors (Lipinski definition) is 1. The molecule has 3 aromatic heterocycles. The number of rotatable bonds is 5. The second-order valence-corrected chi connectivity index (χ2v) is 9.84. The van der Waals surface area contributed by atoms with Gasteiger partial charge in [-0.25, -0.2) is 4.98 Å². The van der Waals surface area contributed by atoms with Crippen LogP contribution in [0.4, 0.5) is 5.69 Å². The number of nitrogen functional groups attached to an aromatic ring is 1. The van der Waals surface area contributed by atoms with Crippen molar-refractivity contribution in [3.8, 4) is 11.3 Å². The summed E-state index contributed by atoms with van der Waals surface area (Å²) in [5.41, 5.74) is 12.5. The second-order valence-electron chi connectivity index (χ2n) is 9.84. The van der Waals surface area contributed by atoms with Crippen molar-refractivity contribution >= 4 is 22.6 Å². The highest BCUT2D eigenvalue weighted by molar-refractivity contribution is 5.94. The number of aromatic nitrogens is 3. The van der Waals surface area contributed by atoms with Crippen LogP contribution in [0.1, 0.15) is 67.3 Å². The first-order valence-corrected chi connectivity index (χ1v) is 12.5. The van der Waals surface area contributed by atoms with Crippen molar-refractivity contribution in [3.63, 3.8) is 0 Å². The van der Waals surface area contributed by atoms with Crippen molar-refractivity contribution in [1.82, 2.24) is 24.3 Å². The van der Waals surface area contributed by atoms with E-state index in [1.807, 2.05) is 38.4 Å². The van der Waals surface area contributed by atoms with Gasteiger partial charge in [-0.05, 0) is 87.7 Å². The molecule has 192 valence electrons. The Morgan fingerprint density at radius 2 is 1.86 bits per heavy atom. The summed E-state index contributed by atoms with van der Waals surface area (Å²) in [6.45, 7) is -0.280. The van der Waals surface area contributed by atoms with Crippen molar-refractivity contribution in [2.75, 3.05) is 32.8 Å². The zero-order chi connectivity index (χ0) is 31.3. The molecule has 1 amide bonds. The molecule has 4 heterocycles. The highest BCUT2D eigenvalue weighted by Gasteiger charge is 2.27. The molecular formula is C30H36N6O. The van der Waals surface area contributed by atoms with Crippen LogP contribution in [0.2, 0.25) is 0 Å². The van der Waals surface area contributed by atoms with E-state index in [0.29, 0.717) is 5.69 Å². The first-order chi connectivity index (χ1) is 20.2. The largest absolute Gasteiger partial charge is 0.397 e. The van der Waals surface area contributed by atoms with Gasteiger partial charge in [-0.1, -0.05) is 12.1 Å². The quantitative estimate of drug-likeness (QED) is 0.407. The summed E-state index contributed by atoms with van der Waals surface area (Å²) in [5, 5.41) is 1.04. The highest BCUT2D eigenvalue weighted by atomic mass is 16.2. The van der Waals surface area contributed by atoms with Crippen LogP contribution in [0.15, 0.2) is 54.7 Å². The predicted molar refractivity (Wildman–Crippen MR) is 150 cm³/mol. The highest BCUT2D eigenvalue weighted by Crippen LogP contribution is 2.36. The lowest BCUT2D eigenvalue weighted by molar-refractivity contribution is 0.0827. The van der Waals surface area contributed by atoms with Gasteiger partial charge in [0.15, 0.2) is 0 Å². The van der Waals surface area contributed by atoms with Crippen LogP contribution in [0.5, 0.6) is 0 Å². The maximum Gasteiger partial charge on any atom is 0.253 e. The van der Waals surface area contributed by atoms with Gasteiger partial charge in [0, 0.05) is 63.7 Å². The van der Waals surface area contributed by atoms with E-state index in [0.717, 1.165) is 65.2 Å². The number of carbonyl (C=O) groups excluding carboxylic acids is 1. The zero-order valence-electron chi connectivity index (χ0n) is 27.4. The molecule has 7 nitrogen and oxygen atoms in total. The number of piperidine rings is 1. The van der Waals surface area contributed by atoms with E-state index < -0.39 is 19.9 Å². The van der Waals surface area contributed by atoms with E-state index in [4.69, 9.17) is 18.9 Å². The van der Waals surface area contributed by atoms with Crippen LogP contribution in [-0.2, 0) is 7.05 Å². The molecule has 1 fully saturated rings. The lowest BCUT2D eigenvalue weighted by Crippen LogP contribution is -2.35. The molecule has 0 bridgehead atoms. The predicted octanol–water partition coefficient (Wildman–Crippen LogP) is 5.17. The summed E-state index contributed by atoms with van der Waals surface area (Å²) < 4.78 is 47.2. The Kier molecular flexibility index (Phi) is 4.99. The van der Waals surface area contributed by atoms with Gasteiger partial charge in [0.25, 0.3) is 5.91 Å². The summed E-state index contributed by atoms with van der Waals surface area (Å²) in [6.07, 6.45) is 3.64. The number of nitrogens with two attached hydrogens (primary N) is 1. The molecule has 2 N–H and O–H groups in total. The molecule has 0 radical (unpaired) electrons. The van der Waals surface area contributed by atoms with E-state index in [2.05, 4.69) is 27.4 Å². The number of aryl methyl sites for hydroxylation is 2. The van der Waals surface area contributed by atoms with Crippen molar-refractivity contribution in [2.45, 2.75) is 38.6 Å². The third kappa shape index (κ3) is 4.71. The van der Waals surface area contributed by atoms with E-state index in [-0.39, 0.29) is 22.4 Å². The number of benzene rings is 1. The number of likely N-dealkylation sites (tertiary alicyclic amines) is 1. The van der Waals surface area contributed by atoms with Gasteiger partial charge in [-0.2, -0.15) is 0 Å². The van der Waals surface area contributed by atoms with E-state index >= 15 is 0 Å². The van der Waals surface area contributed by atoms with Crippen LogP contribution in [0.3, 0.4) is 0 Å². The maximum atomic E-state index is 12.8. The lowest BCUT2D eigenvalue weighted by atomic mass is 9.88. The lowest BCUT2D eigenvalue weighted by Gasteiger charge is -2.36. The molecule has 0 spiro atoms. The summed E-state index contributed by atoms with van der Waals surface area (Å²) in [4.78, 5) is 24.6. The Morgan fingerprint density at radius 3 is 2.54 bits per heavy atom. The topological polar surface area (TPSA) is 80.3 Å². The summed E-state index contributed by atoms with van der Waals surface area (Å²) in [7, 11) is 2.04. The SMILES string of the molecule is [2H]C([2H])([2H])N(C(=O)c1ccc(C2CCN([C@@H](C)c3cc4c(-c5ccc(N)c(C)n5)ccnc4n3C)CC2)cc1)C([2H])([2H])[2H]. The number of nitrogens with zero attached hydrogens (tertiary/aromatic N) is 5. The van der Waals surface area contributed by atoms with Gasteiger partial charge >= 0.3 is 0 Å². The molecule has 1 atom stereocenters. The normalized spacial score (nSPS) is 18.8. The minimum absolute atomic E-state index is 0.00629. The maximum absolute atomic E-state index is 12.8. The number of anilines is 1. The summed E-state index contributed by atoms with van der Waals surface area (Å²) >= 11 is 0. The third-order valence-corrected chi connectivity index (χ3v) is 7.71. The molecule has 4 aromatic rings. The third-order valence-electron chi connectivity index (χ3n) is 7.71. The molecular weight excluding hydrogens is 460 g/mol. The Labute approximate surface area is 227 Å². The molecule has 1 aliphatic heterocycles. The van der Waals surface area contributed by atoms with Gasteiger partial charge in [-0.3, -0.25) is 14.7 Å². The second kappa shape index (κ2) is 9.98. The first kappa shape index (κ1) is 18.5. The number of fused-ring (bicyclic) bond motifs is 1. The standard InChI is InChI=1S/C30H36N6O/c1-19-26(31)10-11-27(33-19)24-12-15-32-29-25(24)18-28(35(29)5)20(2)36-16-13-22(14-17-36)21-6-8-23(9-7-21)30(37)34(3)4/h6-12,15,18,20,22H,13-14,16-17,31H2,1-5H3/t20-/m0/s1/i3D3,4D3. The van der Waals surface area contributed by atoms with Crippen LogP contribution in [-0.4, -0.2) is 57.3 Å². The Balaban J connectivity index is 1.29. The molecule has 0 saturated carbocycles. The van der Waals surface area contributed by atoms with Crippen LogP contribution in [0.25, 0.3) is 22.3 Å². The molecule has 1 aromatic carbocycles. The molecule has 1 aliphatic rings. The summed E-state index contributed by atoms with van der Waals surface area (Å²) in [6, 6.07) is 14.8. The van der Waals surface area contributed by atoms with Crippen LogP contribution >= 0.6 is 0 Å². The molecule has 5 rings (SSSR count). The fraction of sp³-hybridized carbons (Fsp3) is 0.367. The van der Waals surface area contributed by atoms with Crippen molar-refractivity contribution < 1.29 is 13.0 Å². The van der Waals surface area contributed by atoms with Crippen molar-refractivity contribution in [2.24, 2.45) is 7.05 Å². The number of hydrogen-bond acceptors (Lipinski definition) is 5. The van der Waals surface area contributed by atoms with E-state index in [9.17, 15) is 4.79 Å². The summed E-state index contributed by atoms with van der Waals surface area (Å²) in [5.74, 6) is -0.764. The molecule has 0 unspecified atom stereocenters. The van der Waals surface area contributed by atoms with Crippen LogP contribution in [0, 0.1) is 6.92 Å². The zero-order valence-corrected chi connectivity index (χ0v) is 21.4. The number of pyridine rings is 2. The molecule has 37 heavy (non-hydrogen) atoms. The van der Waals surface area contributed by atoms with Gasteiger partial charge in [0.2, 0.25) is 0 Å². The van der Waals surface area contributed by atoms with Crippen molar-refractivity contribution in [3.05, 3.63) is 77.2 Å². The average molecular weight is 503 g/mol. The van der Waals surface area contributed by atoms with Gasteiger partial charge < -0.3 is 15.2 Å². The Morgan fingerprint density at radius 1 is 1.14 bits per heavy atom. The van der Waals surface area contributed by atoms with E-state index in [1.165, 1.54) is 12.1 Å². The van der Waals surface area contributed by atoms with Gasteiger partial charge in [0.1, 0.15) is 5.65 Å². The Hall–Kier alpha value is -3.71. The van der Waals surface area contributed by atoms with Crippen molar-refractivity contribution in [1.29, 1.82) is 0 Å². The molecule has 7 heteroatoms. The fourth-order valence-corrected chi connectivity index (χ4v) is 5.42. The average Bonchev–Trinajstić information content (AvgIpc) is 3.29. The smallest absolute Gasteiger partial charge is 0.253 e. The van der Waals surface area contributed by atoms with Crippen LogP contribution < -0.4 is 5.73 Å². The minimum Gasteiger partial charge on any atom is -0.397 e. The van der Waals surface area contributed by atoms with Gasteiger partial charge in [-0.15, -0.1) is 0 Å². The Bertz CT molecular complexity index is 1620. The van der Waals surface area contributed by atoms with Gasteiger partial charge in [0.05, 0.1) is 17.1 Å². The number of carbonyl (C=O) groups is 1. The fourth-order valence-electron chi connectivity index (χ4n) is 5.42. The monoisotopic (exact) mass is 502 g/mol. The molecule has 1 saturated heterocycles. The first-order valence-electron chi connectivity index (χ1n) is 15.5. The number of amides is 1. The molecule has 0 aliphatic carbocycles.